The van der Waals surface area contributed by atoms with Gasteiger partial charge in [-0.05, 0) is 66.9 Å². The number of fused-ring (bicyclic) bond motifs is 3. The van der Waals surface area contributed by atoms with E-state index >= 15 is 0 Å². The Morgan fingerprint density at radius 3 is 1.51 bits per heavy atom. The van der Waals surface area contributed by atoms with Gasteiger partial charge in [0, 0.05) is 39.2 Å². The first-order valence-electron chi connectivity index (χ1n) is 17.2. The number of benzene rings is 7. The molecule has 0 saturated heterocycles. The average molecular weight is 657 g/mol. The van der Waals surface area contributed by atoms with Crippen LogP contribution in [-0.2, 0) is 0 Å². The molecule has 51 heavy (non-hydrogen) atoms. The molecule has 0 unspecified atom stereocenters. The van der Waals surface area contributed by atoms with Gasteiger partial charge in [0.15, 0.2) is 11.7 Å². The molecule has 1 N–H and O–H groups in total. The Bertz CT molecular complexity index is 2460. The molecule has 8 rings (SSSR count). The molecule has 7 aromatic carbocycles. The van der Waals surface area contributed by atoms with Crippen LogP contribution in [0.4, 0.5) is 0 Å². The zero-order valence-electron chi connectivity index (χ0n) is 28.6. The van der Waals surface area contributed by atoms with Crippen LogP contribution in [0.1, 0.15) is 27.8 Å². The van der Waals surface area contributed by atoms with Crippen molar-refractivity contribution in [1.82, 2.24) is 4.57 Å². The van der Waals surface area contributed by atoms with Gasteiger partial charge in [-0.2, -0.15) is 0 Å². The molecular formula is C47H36N4. The van der Waals surface area contributed by atoms with E-state index in [1.807, 2.05) is 72.8 Å². The van der Waals surface area contributed by atoms with Crippen LogP contribution in [-0.4, -0.2) is 22.5 Å². The Labute approximate surface area is 298 Å². The van der Waals surface area contributed by atoms with Crippen molar-refractivity contribution in [3.05, 3.63) is 198 Å². The van der Waals surface area contributed by atoms with Gasteiger partial charge >= 0.3 is 0 Å². The number of aliphatic imine (C=N–C) groups is 2. The highest BCUT2D eigenvalue weighted by atomic mass is 15.0. The molecule has 0 aliphatic rings. The second-order valence-corrected chi connectivity index (χ2v) is 12.8. The maximum absolute atomic E-state index is 9.50. The molecular weight excluding hydrogens is 621 g/mol. The molecule has 4 nitrogen and oxygen atoms in total. The van der Waals surface area contributed by atoms with E-state index < -0.39 is 0 Å². The van der Waals surface area contributed by atoms with Crippen LogP contribution in [0.5, 0.6) is 0 Å². The third-order valence-corrected chi connectivity index (χ3v) is 9.24. The van der Waals surface area contributed by atoms with Crippen LogP contribution < -0.4 is 0 Å². The molecule has 0 aliphatic carbocycles. The molecule has 0 atom stereocenters. The predicted octanol–water partition coefficient (Wildman–Crippen LogP) is 11.6. The van der Waals surface area contributed by atoms with E-state index in [9.17, 15) is 5.41 Å². The van der Waals surface area contributed by atoms with Crippen molar-refractivity contribution in [2.75, 3.05) is 0 Å². The quantitative estimate of drug-likeness (QED) is 0.137. The number of hydrogen-bond acceptors (Lipinski definition) is 1. The van der Waals surface area contributed by atoms with Gasteiger partial charge in [0.2, 0.25) is 0 Å². The van der Waals surface area contributed by atoms with Gasteiger partial charge in [-0.25, -0.2) is 9.98 Å². The Balaban J connectivity index is 1.41. The summed E-state index contributed by atoms with van der Waals surface area (Å²) >= 11 is 0. The summed E-state index contributed by atoms with van der Waals surface area (Å²) in [5, 5.41) is 11.9. The van der Waals surface area contributed by atoms with Crippen LogP contribution in [0.15, 0.2) is 180 Å². The smallest absolute Gasteiger partial charge is 0.161 e. The Morgan fingerprint density at radius 1 is 0.529 bits per heavy atom. The fourth-order valence-electron chi connectivity index (χ4n) is 6.78. The molecule has 0 aliphatic heterocycles. The van der Waals surface area contributed by atoms with Crippen molar-refractivity contribution in [3.63, 3.8) is 0 Å². The van der Waals surface area contributed by atoms with E-state index in [-0.39, 0.29) is 5.84 Å². The van der Waals surface area contributed by atoms with Crippen LogP contribution >= 0.6 is 0 Å². The second kappa shape index (κ2) is 13.7. The third kappa shape index (κ3) is 6.31. The summed E-state index contributed by atoms with van der Waals surface area (Å²) in [6, 6.07) is 58.5. The minimum absolute atomic E-state index is 0.133. The molecule has 0 bridgehead atoms. The number of hydrogen-bond donors (Lipinski definition) is 1. The topological polar surface area (TPSA) is 53.5 Å². The van der Waals surface area contributed by atoms with Crippen molar-refractivity contribution in [1.29, 1.82) is 5.41 Å². The lowest BCUT2D eigenvalue weighted by molar-refractivity contribution is 1.18. The zero-order valence-corrected chi connectivity index (χ0v) is 28.6. The van der Waals surface area contributed by atoms with E-state index in [2.05, 4.69) is 115 Å². The fourth-order valence-corrected chi connectivity index (χ4v) is 6.78. The fraction of sp³-hybridized carbons (Fsp3) is 0.0426. The van der Waals surface area contributed by atoms with E-state index in [1.54, 1.807) is 6.21 Å². The van der Waals surface area contributed by atoms with Crippen LogP contribution in [0.25, 0.3) is 49.7 Å². The highest BCUT2D eigenvalue weighted by molar-refractivity contribution is 6.15. The summed E-state index contributed by atoms with van der Waals surface area (Å²) in [5.74, 6) is 0.609. The molecule has 4 heteroatoms. The number of nitrogens with zero attached hydrogens (tertiary/aromatic N) is 3. The molecule has 0 radical (unpaired) electrons. The SMILES string of the molecule is Cc1ccc2c(c1)c1cc(C)ccc1n2-c1c(-c2ccccc2)cc(C(=N)/N=C(\N=C\c2ccccc2)c2ccccc2)cc1-c1ccccc1. The zero-order chi connectivity index (χ0) is 34.7. The maximum Gasteiger partial charge on any atom is 0.161 e. The molecule has 0 saturated carbocycles. The summed E-state index contributed by atoms with van der Waals surface area (Å²) in [5.41, 5.74) is 12.4. The lowest BCUT2D eigenvalue weighted by atomic mass is 9.92. The number of rotatable bonds is 6. The number of amidine groups is 2. The molecule has 8 aromatic rings. The molecule has 0 fully saturated rings. The van der Waals surface area contributed by atoms with Crippen LogP contribution in [0.2, 0.25) is 0 Å². The van der Waals surface area contributed by atoms with Crippen molar-refractivity contribution in [2.24, 2.45) is 9.98 Å². The minimum atomic E-state index is 0.133. The first-order chi connectivity index (χ1) is 25.0. The third-order valence-electron chi connectivity index (χ3n) is 9.24. The number of nitrogens with one attached hydrogen (secondary N) is 1. The van der Waals surface area contributed by atoms with Crippen molar-refractivity contribution in [3.8, 4) is 27.9 Å². The van der Waals surface area contributed by atoms with Crippen LogP contribution in [0.3, 0.4) is 0 Å². The van der Waals surface area contributed by atoms with E-state index in [1.165, 1.54) is 21.9 Å². The summed E-state index contributed by atoms with van der Waals surface area (Å²) in [7, 11) is 0. The van der Waals surface area contributed by atoms with E-state index in [0.717, 1.165) is 50.1 Å². The number of aromatic nitrogens is 1. The largest absolute Gasteiger partial charge is 0.308 e. The molecule has 244 valence electrons. The normalized spacial score (nSPS) is 11.8. The van der Waals surface area contributed by atoms with Crippen molar-refractivity contribution < 1.29 is 0 Å². The summed E-state index contributed by atoms with van der Waals surface area (Å²) in [6.45, 7) is 4.30. The Morgan fingerprint density at radius 2 is 1.00 bits per heavy atom. The van der Waals surface area contributed by atoms with Gasteiger partial charge < -0.3 is 4.57 Å². The van der Waals surface area contributed by atoms with Crippen molar-refractivity contribution >= 4 is 39.7 Å². The molecule has 1 heterocycles. The highest BCUT2D eigenvalue weighted by Crippen LogP contribution is 2.42. The van der Waals surface area contributed by atoms with Crippen LogP contribution in [0, 0.1) is 19.3 Å². The molecule has 1 aromatic heterocycles. The summed E-state index contributed by atoms with van der Waals surface area (Å²) in [4.78, 5) is 9.72. The minimum Gasteiger partial charge on any atom is -0.308 e. The lowest BCUT2D eigenvalue weighted by Crippen LogP contribution is -2.07. The van der Waals surface area contributed by atoms with E-state index in [4.69, 9.17) is 9.98 Å². The van der Waals surface area contributed by atoms with Crippen molar-refractivity contribution in [2.45, 2.75) is 13.8 Å². The summed E-state index contributed by atoms with van der Waals surface area (Å²) < 4.78 is 2.41. The average Bonchev–Trinajstić information content (AvgIpc) is 3.49. The second-order valence-electron chi connectivity index (χ2n) is 12.8. The molecule has 0 spiro atoms. The summed E-state index contributed by atoms with van der Waals surface area (Å²) in [6.07, 6.45) is 1.80. The predicted molar refractivity (Wildman–Crippen MR) is 215 cm³/mol. The maximum atomic E-state index is 9.50. The first-order valence-corrected chi connectivity index (χ1v) is 17.2. The van der Waals surface area contributed by atoms with Gasteiger partial charge in [-0.3, -0.25) is 5.41 Å². The van der Waals surface area contributed by atoms with E-state index in [0.29, 0.717) is 11.4 Å². The van der Waals surface area contributed by atoms with Gasteiger partial charge in [0.05, 0.1) is 16.7 Å². The standard InChI is InChI=1S/C47H36N4/c1-32-23-25-43-41(27-32)42-28-33(2)24-26-44(42)51(43)45-39(35-17-9-4-10-18-35)29-38(30-40(45)36-19-11-5-12-20-36)46(48)50-47(37-21-13-6-14-22-37)49-31-34-15-7-3-8-16-34/h3-31,48H,1-2H3/b48-46?,49-31+,50-47-. The van der Waals surface area contributed by atoms with Gasteiger partial charge in [0.25, 0.3) is 0 Å². The van der Waals surface area contributed by atoms with Gasteiger partial charge in [-0.15, -0.1) is 0 Å². The monoisotopic (exact) mass is 656 g/mol. The molecule has 0 amide bonds. The lowest BCUT2D eigenvalue weighted by Gasteiger charge is -2.21. The highest BCUT2D eigenvalue weighted by Gasteiger charge is 2.22. The Hall–Kier alpha value is -6.65. The van der Waals surface area contributed by atoms with Gasteiger partial charge in [-0.1, -0.05) is 145 Å². The first kappa shape index (κ1) is 31.6. The Kier molecular flexibility index (Phi) is 8.49. The number of aryl methyl sites for hydroxylation is 2. The van der Waals surface area contributed by atoms with Gasteiger partial charge in [0.1, 0.15) is 0 Å².